The Morgan fingerprint density at radius 2 is 2.14 bits per heavy atom. The van der Waals surface area contributed by atoms with Gasteiger partial charge in [-0.15, -0.1) is 0 Å². The summed E-state index contributed by atoms with van der Waals surface area (Å²) in [5.74, 6) is -0.335. The Kier molecular flexibility index (Phi) is 4.45. The molecule has 0 unspecified atom stereocenters. The molecule has 0 fully saturated rings. The summed E-state index contributed by atoms with van der Waals surface area (Å²) in [5, 5.41) is 16.3. The summed E-state index contributed by atoms with van der Waals surface area (Å²) in [6, 6.07) is 9.51. The number of nitrogens with one attached hydrogen (secondary N) is 2. The number of hydrogen-bond acceptors (Lipinski definition) is 5. The molecule has 1 aromatic carbocycles. The average molecular weight is 286 g/mol. The van der Waals surface area contributed by atoms with E-state index in [2.05, 4.69) is 15.6 Å². The number of pyridine rings is 1. The van der Waals surface area contributed by atoms with Gasteiger partial charge in [0.05, 0.1) is 4.92 Å². The Morgan fingerprint density at radius 1 is 1.33 bits per heavy atom. The van der Waals surface area contributed by atoms with Crippen LogP contribution in [0.3, 0.4) is 0 Å². The van der Waals surface area contributed by atoms with Crippen molar-refractivity contribution in [2.75, 3.05) is 12.4 Å². The fourth-order valence-corrected chi connectivity index (χ4v) is 1.76. The zero-order valence-electron chi connectivity index (χ0n) is 11.4. The summed E-state index contributed by atoms with van der Waals surface area (Å²) in [6.07, 6.45) is 1.54. The molecular formula is C14H14N4O3. The molecule has 0 aliphatic heterocycles. The molecule has 0 radical (unpaired) electrons. The largest absolute Gasteiger partial charge is 0.388 e. The van der Waals surface area contributed by atoms with Gasteiger partial charge >= 0.3 is 0 Å². The Labute approximate surface area is 121 Å². The van der Waals surface area contributed by atoms with Crippen molar-refractivity contribution in [1.82, 2.24) is 10.3 Å². The van der Waals surface area contributed by atoms with Gasteiger partial charge in [0.25, 0.3) is 11.6 Å². The highest BCUT2D eigenvalue weighted by Gasteiger charge is 2.09. The minimum absolute atomic E-state index is 0.00273. The number of aromatic nitrogens is 1. The Morgan fingerprint density at radius 3 is 2.86 bits per heavy atom. The molecular weight excluding hydrogens is 272 g/mol. The summed E-state index contributed by atoms with van der Waals surface area (Å²) in [6.45, 7) is 0.200. The van der Waals surface area contributed by atoms with Crippen LogP contribution in [-0.2, 0) is 6.54 Å². The van der Waals surface area contributed by atoms with E-state index in [-0.39, 0.29) is 23.8 Å². The quantitative estimate of drug-likeness (QED) is 0.647. The molecule has 0 saturated heterocycles. The number of carbonyl (C=O) groups is 1. The third kappa shape index (κ3) is 3.75. The van der Waals surface area contributed by atoms with Gasteiger partial charge in [0.2, 0.25) is 0 Å². The second-order valence-corrected chi connectivity index (χ2v) is 4.29. The molecule has 2 N–H and O–H groups in total. The lowest BCUT2D eigenvalue weighted by molar-refractivity contribution is -0.384. The molecule has 7 heteroatoms. The predicted octanol–water partition coefficient (Wildman–Crippen LogP) is 1.96. The number of non-ortho nitro benzene ring substituents is 1. The number of nitro groups is 1. The minimum atomic E-state index is -0.469. The maximum atomic E-state index is 12.0. The Balaban J connectivity index is 2.03. The number of nitrogens with zero attached hydrogens (tertiary/aromatic N) is 2. The number of amides is 1. The molecule has 21 heavy (non-hydrogen) atoms. The normalized spacial score (nSPS) is 9.95. The fourth-order valence-electron chi connectivity index (χ4n) is 1.76. The molecule has 7 nitrogen and oxygen atoms in total. The van der Waals surface area contributed by atoms with E-state index in [4.69, 9.17) is 0 Å². The van der Waals surface area contributed by atoms with Crippen LogP contribution in [0.1, 0.15) is 16.1 Å². The molecule has 0 bridgehead atoms. The molecule has 108 valence electrons. The number of benzene rings is 1. The molecule has 0 atom stereocenters. The van der Waals surface area contributed by atoms with Crippen molar-refractivity contribution in [2.24, 2.45) is 0 Å². The number of hydrogen-bond donors (Lipinski definition) is 2. The summed E-state index contributed by atoms with van der Waals surface area (Å²) in [4.78, 5) is 26.2. The van der Waals surface area contributed by atoms with Crippen LogP contribution in [0.2, 0.25) is 0 Å². The third-order valence-corrected chi connectivity index (χ3v) is 2.86. The van der Waals surface area contributed by atoms with Crippen molar-refractivity contribution in [3.05, 3.63) is 64.0 Å². The highest BCUT2D eigenvalue weighted by atomic mass is 16.6. The number of anilines is 1. The van der Waals surface area contributed by atoms with Crippen LogP contribution in [0.15, 0.2) is 42.6 Å². The van der Waals surface area contributed by atoms with E-state index in [0.29, 0.717) is 5.56 Å². The van der Waals surface area contributed by atoms with Crippen LogP contribution < -0.4 is 10.6 Å². The maximum Gasteiger partial charge on any atom is 0.270 e. The first-order valence-electron chi connectivity index (χ1n) is 6.25. The topological polar surface area (TPSA) is 97.2 Å². The highest BCUT2D eigenvalue weighted by molar-refractivity contribution is 5.93. The molecule has 1 amide bonds. The molecule has 2 aromatic rings. The molecule has 1 aromatic heterocycles. The van der Waals surface area contributed by atoms with Crippen molar-refractivity contribution in [3.8, 4) is 0 Å². The van der Waals surface area contributed by atoms with Gasteiger partial charge in [-0.25, -0.2) is 0 Å². The summed E-state index contributed by atoms with van der Waals surface area (Å²) >= 11 is 0. The van der Waals surface area contributed by atoms with E-state index in [1.54, 1.807) is 31.3 Å². The monoisotopic (exact) mass is 286 g/mol. The summed E-state index contributed by atoms with van der Waals surface area (Å²) in [7, 11) is 1.75. The predicted molar refractivity (Wildman–Crippen MR) is 78.1 cm³/mol. The average Bonchev–Trinajstić information content (AvgIpc) is 2.53. The SMILES string of the molecule is CNc1ccnc(C(=O)NCc2cccc([N+](=O)[O-])c2)c1. The maximum absolute atomic E-state index is 12.0. The van der Waals surface area contributed by atoms with Crippen molar-refractivity contribution < 1.29 is 9.72 Å². The lowest BCUT2D eigenvalue weighted by Gasteiger charge is -2.06. The first kappa shape index (κ1) is 14.4. The zero-order chi connectivity index (χ0) is 15.2. The Hall–Kier alpha value is -2.96. The smallest absolute Gasteiger partial charge is 0.270 e. The van der Waals surface area contributed by atoms with Crippen LogP contribution in [-0.4, -0.2) is 22.9 Å². The Bertz CT molecular complexity index is 673. The van der Waals surface area contributed by atoms with Gasteiger partial charge in [-0.05, 0) is 17.7 Å². The van der Waals surface area contributed by atoms with Crippen molar-refractivity contribution >= 4 is 17.3 Å². The molecule has 1 heterocycles. The number of carbonyl (C=O) groups excluding carboxylic acids is 1. The van der Waals surface area contributed by atoms with Gasteiger partial charge < -0.3 is 10.6 Å². The highest BCUT2D eigenvalue weighted by Crippen LogP contribution is 2.13. The molecule has 0 spiro atoms. The van der Waals surface area contributed by atoms with Gasteiger partial charge in [0.15, 0.2) is 0 Å². The van der Waals surface area contributed by atoms with Crippen LogP contribution in [0.25, 0.3) is 0 Å². The van der Waals surface area contributed by atoms with Crippen molar-refractivity contribution in [1.29, 1.82) is 0 Å². The van der Waals surface area contributed by atoms with Crippen molar-refractivity contribution in [3.63, 3.8) is 0 Å². The molecule has 0 aliphatic rings. The van der Waals surface area contributed by atoms with Crippen LogP contribution >= 0.6 is 0 Å². The van der Waals surface area contributed by atoms with E-state index in [1.807, 2.05) is 0 Å². The van der Waals surface area contributed by atoms with Crippen LogP contribution in [0, 0.1) is 10.1 Å². The number of rotatable bonds is 5. The minimum Gasteiger partial charge on any atom is -0.388 e. The zero-order valence-corrected chi connectivity index (χ0v) is 11.4. The first-order valence-corrected chi connectivity index (χ1v) is 6.25. The van der Waals surface area contributed by atoms with Gasteiger partial charge in [-0.1, -0.05) is 12.1 Å². The summed E-state index contributed by atoms with van der Waals surface area (Å²) in [5.41, 5.74) is 1.72. The van der Waals surface area contributed by atoms with Gasteiger partial charge in [0, 0.05) is 37.6 Å². The van der Waals surface area contributed by atoms with Crippen molar-refractivity contribution in [2.45, 2.75) is 6.54 Å². The van der Waals surface area contributed by atoms with Crippen LogP contribution in [0.5, 0.6) is 0 Å². The molecule has 0 saturated carbocycles. The van der Waals surface area contributed by atoms with E-state index in [1.165, 1.54) is 18.3 Å². The fraction of sp³-hybridized carbons (Fsp3) is 0.143. The first-order chi connectivity index (χ1) is 10.1. The van der Waals surface area contributed by atoms with E-state index in [0.717, 1.165) is 5.69 Å². The second kappa shape index (κ2) is 6.47. The lowest BCUT2D eigenvalue weighted by atomic mass is 10.2. The third-order valence-electron chi connectivity index (χ3n) is 2.86. The van der Waals surface area contributed by atoms with Gasteiger partial charge in [-0.2, -0.15) is 0 Å². The lowest BCUT2D eigenvalue weighted by Crippen LogP contribution is -2.23. The number of nitro benzene ring substituents is 1. The van der Waals surface area contributed by atoms with E-state index >= 15 is 0 Å². The van der Waals surface area contributed by atoms with E-state index < -0.39 is 4.92 Å². The van der Waals surface area contributed by atoms with Gasteiger partial charge in [-0.3, -0.25) is 19.9 Å². The summed E-state index contributed by atoms with van der Waals surface area (Å²) < 4.78 is 0. The van der Waals surface area contributed by atoms with Crippen LogP contribution in [0.4, 0.5) is 11.4 Å². The molecule has 2 rings (SSSR count). The van der Waals surface area contributed by atoms with Gasteiger partial charge in [0.1, 0.15) is 5.69 Å². The second-order valence-electron chi connectivity index (χ2n) is 4.29. The standard InChI is InChI=1S/C14H14N4O3/c1-15-11-5-6-16-13(8-11)14(19)17-9-10-3-2-4-12(7-10)18(20)21/h2-8H,9H2,1H3,(H,15,16)(H,17,19). The molecule has 0 aliphatic carbocycles. The van der Waals surface area contributed by atoms with E-state index in [9.17, 15) is 14.9 Å².